The second kappa shape index (κ2) is 6.97. The number of thioether (sulfide) groups is 2. The van der Waals surface area contributed by atoms with Crippen LogP contribution in [0.15, 0.2) is 22.1 Å². The zero-order valence-electron chi connectivity index (χ0n) is 13.1. The van der Waals surface area contributed by atoms with E-state index in [9.17, 15) is 4.79 Å². The Labute approximate surface area is 146 Å². The van der Waals surface area contributed by atoms with Crippen LogP contribution in [0.4, 0.5) is 0 Å². The van der Waals surface area contributed by atoms with Crippen molar-refractivity contribution in [1.29, 1.82) is 0 Å². The molecule has 0 radical (unpaired) electrons. The van der Waals surface area contributed by atoms with Crippen molar-refractivity contribution in [2.24, 2.45) is 0 Å². The molecular formula is C16H22N2OS3. The Hall–Kier alpha value is -0.460. The Morgan fingerprint density at radius 3 is 2.68 bits per heavy atom. The third-order valence-electron chi connectivity index (χ3n) is 4.53. The van der Waals surface area contributed by atoms with Crippen molar-refractivity contribution in [3.8, 4) is 0 Å². The lowest BCUT2D eigenvalue weighted by molar-refractivity contribution is -0.122. The molecule has 0 aromatic carbocycles. The van der Waals surface area contributed by atoms with Crippen LogP contribution in [-0.2, 0) is 4.79 Å². The SMILES string of the molecule is CCN1C(=O)C(=CC=C2SC3CCCCC3N2CC)SC1=S. The number of carbonyl (C=O) groups excluding carboxylic acids is 1. The van der Waals surface area contributed by atoms with Gasteiger partial charge in [0.2, 0.25) is 0 Å². The quantitative estimate of drug-likeness (QED) is 0.564. The van der Waals surface area contributed by atoms with Crippen LogP contribution in [0.25, 0.3) is 0 Å². The maximum Gasteiger partial charge on any atom is 0.266 e. The van der Waals surface area contributed by atoms with Crippen molar-refractivity contribution in [1.82, 2.24) is 9.80 Å². The predicted molar refractivity (Wildman–Crippen MR) is 99.8 cm³/mol. The van der Waals surface area contributed by atoms with Crippen molar-refractivity contribution >= 4 is 46.0 Å². The number of nitrogens with zero attached hydrogens (tertiary/aromatic N) is 2. The first-order valence-electron chi connectivity index (χ1n) is 8.04. The molecule has 22 heavy (non-hydrogen) atoms. The largest absolute Gasteiger partial charge is 0.363 e. The molecule has 1 saturated carbocycles. The molecule has 0 spiro atoms. The molecule has 3 fully saturated rings. The van der Waals surface area contributed by atoms with E-state index in [0.717, 1.165) is 16.7 Å². The molecule has 2 unspecified atom stereocenters. The lowest BCUT2D eigenvalue weighted by Gasteiger charge is -2.31. The first kappa shape index (κ1) is 16.4. The minimum atomic E-state index is 0.0535. The lowest BCUT2D eigenvalue weighted by atomic mass is 9.94. The van der Waals surface area contributed by atoms with Gasteiger partial charge in [-0.25, -0.2) is 0 Å². The predicted octanol–water partition coefficient (Wildman–Crippen LogP) is 3.97. The van der Waals surface area contributed by atoms with Gasteiger partial charge in [0.1, 0.15) is 4.32 Å². The normalized spacial score (nSPS) is 32.5. The molecule has 3 aliphatic rings. The van der Waals surface area contributed by atoms with E-state index in [-0.39, 0.29) is 5.91 Å². The van der Waals surface area contributed by atoms with Gasteiger partial charge >= 0.3 is 0 Å². The Morgan fingerprint density at radius 1 is 1.23 bits per heavy atom. The van der Waals surface area contributed by atoms with Gasteiger partial charge in [-0.1, -0.05) is 36.8 Å². The standard InChI is InChI=1S/C16H22N2OS3/c1-3-17-11-7-5-6-8-12(11)21-14(17)10-9-13-15(19)18(4-2)16(20)22-13/h9-12H,3-8H2,1-2H3. The molecular weight excluding hydrogens is 332 g/mol. The molecule has 1 amide bonds. The number of thiocarbonyl (C=S) groups is 1. The van der Waals surface area contributed by atoms with Crippen LogP contribution < -0.4 is 0 Å². The number of hydrogen-bond donors (Lipinski definition) is 0. The van der Waals surface area contributed by atoms with Crippen LogP contribution in [-0.4, -0.2) is 44.4 Å². The summed E-state index contributed by atoms with van der Waals surface area (Å²) in [6, 6.07) is 0.688. The molecule has 0 aromatic rings. The number of rotatable bonds is 3. The van der Waals surface area contributed by atoms with Crippen LogP contribution in [0.2, 0.25) is 0 Å². The highest BCUT2D eigenvalue weighted by atomic mass is 32.2. The van der Waals surface area contributed by atoms with E-state index in [1.807, 2.05) is 24.8 Å². The average Bonchev–Trinajstić information content (AvgIpc) is 3.01. The van der Waals surface area contributed by atoms with Crippen LogP contribution in [0.3, 0.4) is 0 Å². The van der Waals surface area contributed by atoms with Crippen LogP contribution in [0.5, 0.6) is 0 Å². The number of hydrogen-bond acceptors (Lipinski definition) is 5. The van der Waals surface area contributed by atoms with Gasteiger partial charge in [0.05, 0.1) is 9.93 Å². The van der Waals surface area contributed by atoms with Crippen molar-refractivity contribution in [3.05, 3.63) is 22.1 Å². The summed E-state index contributed by atoms with van der Waals surface area (Å²) in [6.45, 7) is 5.88. The van der Waals surface area contributed by atoms with Crippen LogP contribution >= 0.6 is 35.7 Å². The first-order chi connectivity index (χ1) is 10.7. The number of carbonyl (C=O) groups is 1. The van der Waals surface area contributed by atoms with Crippen LogP contribution in [0.1, 0.15) is 39.5 Å². The number of likely N-dealkylation sites (N-methyl/N-ethyl adjacent to an activating group) is 1. The molecule has 0 bridgehead atoms. The summed E-state index contributed by atoms with van der Waals surface area (Å²) in [5.74, 6) is 0.0535. The van der Waals surface area contributed by atoms with Gasteiger partial charge in [0, 0.05) is 24.4 Å². The minimum Gasteiger partial charge on any atom is -0.363 e. The topological polar surface area (TPSA) is 23.6 Å². The summed E-state index contributed by atoms with van der Waals surface area (Å²) in [7, 11) is 0. The molecule has 3 rings (SSSR count). The second-order valence-corrected chi connectivity index (χ2v) is 8.68. The molecule has 2 heterocycles. The van der Waals surface area contributed by atoms with Crippen molar-refractivity contribution in [3.63, 3.8) is 0 Å². The minimum absolute atomic E-state index is 0.0535. The monoisotopic (exact) mass is 354 g/mol. The second-order valence-electron chi connectivity index (χ2n) is 5.75. The highest BCUT2D eigenvalue weighted by molar-refractivity contribution is 8.26. The molecule has 2 atom stereocenters. The molecule has 0 N–H and O–H groups in total. The smallest absolute Gasteiger partial charge is 0.266 e. The van der Waals surface area contributed by atoms with Crippen molar-refractivity contribution in [2.45, 2.75) is 50.8 Å². The van der Waals surface area contributed by atoms with E-state index in [4.69, 9.17) is 12.2 Å². The lowest BCUT2D eigenvalue weighted by Crippen LogP contribution is -2.36. The Bertz CT molecular complexity index is 544. The van der Waals surface area contributed by atoms with E-state index < -0.39 is 0 Å². The summed E-state index contributed by atoms with van der Waals surface area (Å²) in [4.78, 5) is 17.2. The van der Waals surface area contributed by atoms with Gasteiger partial charge < -0.3 is 4.90 Å². The van der Waals surface area contributed by atoms with Crippen molar-refractivity contribution in [2.75, 3.05) is 13.1 Å². The summed E-state index contributed by atoms with van der Waals surface area (Å²) >= 11 is 8.68. The van der Waals surface area contributed by atoms with Gasteiger partial charge in [-0.05, 0) is 38.8 Å². The van der Waals surface area contributed by atoms with Crippen molar-refractivity contribution < 1.29 is 4.79 Å². The van der Waals surface area contributed by atoms with E-state index in [1.165, 1.54) is 42.5 Å². The number of amides is 1. The van der Waals surface area contributed by atoms with Gasteiger partial charge in [-0.15, -0.1) is 11.8 Å². The van der Waals surface area contributed by atoms with E-state index in [1.54, 1.807) is 4.90 Å². The highest BCUT2D eigenvalue weighted by Gasteiger charge is 2.38. The maximum atomic E-state index is 12.3. The van der Waals surface area contributed by atoms with Gasteiger partial charge in [0.25, 0.3) is 5.91 Å². The molecule has 6 heteroatoms. The number of allylic oxidation sites excluding steroid dienone is 2. The molecule has 1 aliphatic carbocycles. The fourth-order valence-electron chi connectivity index (χ4n) is 3.42. The molecule has 120 valence electrons. The third-order valence-corrected chi connectivity index (χ3v) is 7.39. The van der Waals surface area contributed by atoms with E-state index >= 15 is 0 Å². The maximum absolute atomic E-state index is 12.3. The summed E-state index contributed by atoms with van der Waals surface area (Å²) in [5, 5.41) is 2.06. The molecule has 0 aromatic heterocycles. The summed E-state index contributed by atoms with van der Waals surface area (Å²) in [6.07, 6.45) is 9.43. The van der Waals surface area contributed by atoms with E-state index in [2.05, 4.69) is 17.9 Å². The molecule has 2 aliphatic heterocycles. The fourth-order valence-corrected chi connectivity index (χ4v) is 6.32. The van der Waals surface area contributed by atoms with Gasteiger partial charge in [0.15, 0.2) is 0 Å². The Kier molecular flexibility index (Phi) is 5.20. The Balaban J connectivity index is 1.79. The van der Waals surface area contributed by atoms with Crippen LogP contribution in [0, 0.1) is 0 Å². The zero-order valence-corrected chi connectivity index (χ0v) is 15.5. The summed E-state index contributed by atoms with van der Waals surface area (Å²) < 4.78 is 0.678. The van der Waals surface area contributed by atoms with E-state index in [0.29, 0.717) is 16.9 Å². The average molecular weight is 355 g/mol. The summed E-state index contributed by atoms with van der Waals surface area (Å²) in [5.41, 5.74) is 0. The third kappa shape index (κ3) is 2.97. The van der Waals surface area contributed by atoms with Gasteiger partial charge in [-0.3, -0.25) is 9.69 Å². The fraction of sp³-hybridized carbons (Fsp3) is 0.625. The first-order valence-corrected chi connectivity index (χ1v) is 10.1. The molecule has 3 nitrogen and oxygen atoms in total. The molecule has 2 saturated heterocycles. The zero-order chi connectivity index (χ0) is 15.7. The van der Waals surface area contributed by atoms with Gasteiger partial charge in [-0.2, -0.15) is 0 Å². The Morgan fingerprint density at radius 2 is 2.00 bits per heavy atom. The number of fused-ring (bicyclic) bond motifs is 1. The highest BCUT2D eigenvalue weighted by Crippen LogP contribution is 2.45.